The molecule has 1 amide bonds. The molecule has 6 nitrogen and oxygen atoms in total. The highest BCUT2D eigenvalue weighted by atomic mass is 32.2. The highest BCUT2D eigenvalue weighted by Gasteiger charge is 2.48. The van der Waals surface area contributed by atoms with Gasteiger partial charge in [-0.1, -0.05) is 42.5 Å². The van der Waals surface area contributed by atoms with Crippen molar-refractivity contribution in [3.8, 4) is 5.75 Å². The number of phenols is 1. The van der Waals surface area contributed by atoms with Gasteiger partial charge in [0.2, 0.25) is 0 Å². The number of rotatable bonds is 3. The van der Waals surface area contributed by atoms with Crippen molar-refractivity contribution < 1.29 is 18.3 Å². The largest absolute Gasteiger partial charge is 0.507 e. The number of hydrogen-bond donors (Lipinski definition) is 1. The van der Waals surface area contributed by atoms with Crippen LogP contribution in [0.4, 0.5) is 0 Å². The second kappa shape index (κ2) is 6.98. The summed E-state index contributed by atoms with van der Waals surface area (Å²) in [5, 5.41) is 10.0. The Morgan fingerprint density at radius 2 is 1.63 bits per heavy atom. The summed E-state index contributed by atoms with van der Waals surface area (Å²) in [6.07, 6.45) is 0. The molecular formula is C20H22N2O4S. The van der Waals surface area contributed by atoms with E-state index in [1.165, 1.54) is 6.07 Å². The molecule has 2 atom stereocenters. The molecule has 0 saturated carbocycles. The summed E-state index contributed by atoms with van der Waals surface area (Å²) < 4.78 is 24.7. The number of phenolic OH excluding ortho intramolecular Hbond substituents is 1. The summed E-state index contributed by atoms with van der Waals surface area (Å²) in [7, 11) is -3.21. The average molecular weight is 386 g/mol. The lowest BCUT2D eigenvalue weighted by Crippen LogP contribution is -2.60. The molecule has 1 N–H and O–H groups in total. The van der Waals surface area contributed by atoms with E-state index >= 15 is 0 Å². The van der Waals surface area contributed by atoms with Crippen LogP contribution in [-0.4, -0.2) is 65.9 Å². The number of carbonyl (C=O) groups is 1. The van der Waals surface area contributed by atoms with Gasteiger partial charge >= 0.3 is 0 Å². The van der Waals surface area contributed by atoms with E-state index in [4.69, 9.17) is 0 Å². The number of para-hydroxylation sites is 1. The van der Waals surface area contributed by atoms with Crippen molar-refractivity contribution in [1.29, 1.82) is 0 Å². The van der Waals surface area contributed by atoms with Crippen molar-refractivity contribution in [3.05, 3.63) is 65.7 Å². The van der Waals surface area contributed by atoms with Gasteiger partial charge in [-0.3, -0.25) is 9.69 Å². The molecule has 4 rings (SSSR count). The molecule has 0 aromatic heterocycles. The number of amides is 1. The van der Waals surface area contributed by atoms with E-state index in [-0.39, 0.29) is 40.8 Å². The minimum atomic E-state index is -3.21. The number of aromatic hydroxyl groups is 1. The molecule has 7 heteroatoms. The third-order valence-corrected chi connectivity index (χ3v) is 7.11. The molecule has 0 aliphatic carbocycles. The molecule has 0 bridgehead atoms. The maximum absolute atomic E-state index is 13.0. The van der Waals surface area contributed by atoms with Crippen molar-refractivity contribution in [3.63, 3.8) is 0 Å². The van der Waals surface area contributed by atoms with Crippen molar-refractivity contribution >= 4 is 15.7 Å². The number of fused-ring (bicyclic) bond motifs is 1. The third-order valence-electron chi connectivity index (χ3n) is 5.41. The minimum Gasteiger partial charge on any atom is -0.507 e. The van der Waals surface area contributed by atoms with E-state index < -0.39 is 9.84 Å². The molecule has 0 unspecified atom stereocenters. The number of carbonyl (C=O) groups excluding carboxylic acids is 1. The monoisotopic (exact) mass is 386 g/mol. The first kappa shape index (κ1) is 18.0. The molecule has 2 heterocycles. The zero-order chi connectivity index (χ0) is 19.0. The summed E-state index contributed by atoms with van der Waals surface area (Å²) in [5.74, 6) is -0.344. The van der Waals surface area contributed by atoms with Crippen LogP contribution >= 0.6 is 0 Å². The Bertz CT molecular complexity index is 945. The Labute approximate surface area is 158 Å². The number of nitrogens with zero attached hydrogens (tertiary/aromatic N) is 2. The van der Waals surface area contributed by atoms with Crippen LogP contribution in [0.1, 0.15) is 15.9 Å². The molecule has 2 aliphatic heterocycles. The highest BCUT2D eigenvalue weighted by molar-refractivity contribution is 7.91. The van der Waals surface area contributed by atoms with Crippen LogP contribution in [0.3, 0.4) is 0 Å². The highest BCUT2D eigenvalue weighted by Crippen LogP contribution is 2.30. The first-order chi connectivity index (χ1) is 12.9. The molecule has 2 aliphatic rings. The molecule has 27 heavy (non-hydrogen) atoms. The Balaban J connectivity index is 1.60. The van der Waals surface area contributed by atoms with Crippen LogP contribution < -0.4 is 0 Å². The van der Waals surface area contributed by atoms with Crippen LogP contribution in [0.25, 0.3) is 0 Å². The molecule has 2 fully saturated rings. The van der Waals surface area contributed by atoms with Gasteiger partial charge in [0.25, 0.3) is 5.91 Å². The predicted molar refractivity (Wildman–Crippen MR) is 102 cm³/mol. The molecule has 2 aromatic carbocycles. The number of piperazine rings is 1. The van der Waals surface area contributed by atoms with E-state index in [2.05, 4.69) is 4.90 Å². The first-order valence-corrected chi connectivity index (χ1v) is 10.8. The van der Waals surface area contributed by atoms with Gasteiger partial charge in [0.05, 0.1) is 23.1 Å². The molecular weight excluding hydrogens is 364 g/mol. The summed E-state index contributed by atoms with van der Waals surface area (Å²) in [6.45, 7) is 1.71. The van der Waals surface area contributed by atoms with Crippen LogP contribution in [0.5, 0.6) is 5.75 Å². The van der Waals surface area contributed by atoms with E-state index in [9.17, 15) is 18.3 Å². The van der Waals surface area contributed by atoms with Gasteiger partial charge in [-0.25, -0.2) is 8.42 Å². The SMILES string of the molecule is O=C(c1ccccc1O)N1CCN(Cc2ccccc2)[C@@H]2CS(=O)(=O)C[C@@H]21. The lowest BCUT2D eigenvalue weighted by Gasteiger charge is -2.44. The Morgan fingerprint density at radius 1 is 0.963 bits per heavy atom. The van der Waals surface area contributed by atoms with Gasteiger partial charge in [-0.2, -0.15) is 0 Å². The van der Waals surface area contributed by atoms with Gasteiger partial charge < -0.3 is 10.0 Å². The number of sulfone groups is 1. The zero-order valence-electron chi connectivity index (χ0n) is 14.9. The second-order valence-corrected chi connectivity index (χ2v) is 9.34. The normalized spacial score (nSPS) is 24.5. The van der Waals surface area contributed by atoms with Crippen molar-refractivity contribution in [1.82, 2.24) is 9.80 Å². The fourth-order valence-electron chi connectivity index (χ4n) is 4.10. The number of hydrogen-bond acceptors (Lipinski definition) is 5. The van der Waals surface area contributed by atoms with Crippen molar-refractivity contribution in [2.75, 3.05) is 24.6 Å². The maximum Gasteiger partial charge on any atom is 0.257 e. The summed E-state index contributed by atoms with van der Waals surface area (Å²) in [6, 6.07) is 15.7. The summed E-state index contributed by atoms with van der Waals surface area (Å²) in [4.78, 5) is 16.8. The summed E-state index contributed by atoms with van der Waals surface area (Å²) >= 11 is 0. The Morgan fingerprint density at radius 3 is 2.37 bits per heavy atom. The minimum absolute atomic E-state index is 0.0255. The number of benzene rings is 2. The van der Waals surface area contributed by atoms with Crippen LogP contribution in [0.15, 0.2) is 54.6 Å². The third kappa shape index (κ3) is 3.57. The summed E-state index contributed by atoms with van der Waals surface area (Å²) in [5.41, 5.74) is 1.35. The zero-order valence-corrected chi connectivity index (χ0v) is 15.7. The second-order valence-electron chi connectivity index (χ2n) is 7.18. The van der Waals surface area contributed by atoms with Gasteiger partial charge in [-0.05, 0) is 17.7 Å². The van der Waals surface area contributed by atoms with Crippen LogP contribution in [0, 0.1) is 0 Å². The molecule has 0 radical (unpaired) electrons. The van der Waals surface area contributed by atoms with E-state index in [1.54, 1.807) is 23.1 Å². The average Bonchev–Trinajstić information content (AvgIpc) is 2.98. The Kier molecular flexibility index (Phi) is 4.65. The van der Waals surface area contributed by atoms with Crippen molar-refractivity contribution in [2.24, 2.45) is 0 Å². The van der Waals surface area contributed by atoms with Crippen molar-refractivity contribution in [2.45, 2.75) is 18.6 Å². The fraction of sp³-hybridized carbons (Fsp3) is 0.350. The van der Waals surface area contributed by atoms with Gasteiger partial charge in [0.1, 0.15) is 5.75 Å². The lowest BCUT2D eigenvalue weighted by molar-refractivity contribution is 0.0304. The van der Waals surface area contributed by atoms with E-state index in [0.717, 1.165) is 5.56 Å². The van der Waals surface area contributed by atoms with E-state index in [1.807, 2.05) is 30.3 Å². The molecule has 2 saturated heterocycles. The van der Waals surface area contributed by atoms with Gasteiger partial charge in [0, 0.05) is 25.7 Å². The molecule has 0 spiro atoms. The first-order valence-electron chi connectivity index (χ1n) is 9.02. The van der Waals surface area contributed by atoms with Crippen LogP contribution in [-0.2, 0) is 16.4 Å². The quantitative estimate of drug-likeness (QED) is 0.865. The van der Waals surface area contributed by atoms with Crippen LogP contribution in [0.2, 0.25) is 0 Å². The maximum atomic E-state index is 13.0. The van der Waals surface area contributed by atoms with E-state index in [0.29, 0.717) is 19.6 Å². The Hall–Kier alpha value is -2.38. The standard InChI is InChI=1S/C20H22N2O4S/c23-19-9-5-4-8-16(19)20(24)22-11-10-21(12-15-6-2-1-3-7-15)17-13-27(25,26)14-18(17)22/h1-9,17-18,23H,10-14H2/t17-,18+/m1/s1. The fourth-order valence-corrected chi connectivity index (χ4v) is 6.11. The van der Waals surface area contributed by atoms with Gasteiger partial charge in [0.15, 0.2) is 9.84 Å². The molecule has 2 aromatic rings. The topological polar surface area (TPSA) is 77.9 Å². The van der Waals surface area contributed by atoms with Gasteiger partial charge in [-0.15, -0.1) is 0 Å². The smallest absolute Gasteiger partial charge is 0.257 e. The lowest BCUT2D eigenvalue weighted by atomic mass is 10.0. The predicted octanol–water partition coefficient (Wildman–Crippen LogP) is 1.52. The molecule has 142 valence electrons.